The van der Waals surface area contributed by atoms with Crippen LogP contribution in [0.2, 0.25) is 0 Å². The van der Waals surface area contributed by atoms with Crippen LogP contribution in [0.25, 0.3) is 10.2 Å². The summed E-state index contributed by atoms with van der Waals surface area (Å²) in [4.78, 5) is 48.8. The van der Waals surface area contributed by atoms with Gasteiger partial charge in [-0.15, -0.1) is 0 Å². The molecule has 3 aromatic rings. The van der Waals surface area contributed by atoms with Crippen LogP contribution in [-0.4, -0.2) is 78.4 Å². The van der Waals surface area contributed by atoms with Gasteiger partial charge >= 0.3 is 0 Å². The zero-order chi connectivity index (χ0) is 23.8. The van der Waals surface area contributed by atoms with Crippen molar-refractivity contribution >= 4 is 44.4 Å². The first-order chi connectivity index (χ1) is 16.4. The second-order valence-electron chi connectivity index (χ2n) is 8.64. The highest BCUT2D eigenvalue weighted by molar-refractivity contribution is 7.22. The highest BCUT2D eigenvalue weighted by Crippen LogP contribution is 2.31. The lowest BCUT2D eigenvalue weighted by molar-refractivity contribution is -0.119. The smallest absolute Gasteiger partial charge is 0.262 e. The molecule has 3 amide bonds. The summed E-state index contributed by atoms with van der Waals surface area (Å²) in [6.07, 6.45) is 0. The molecule has 0 radical (unpaired) electrons. The van der Waals surface area contributed by atoms with Gasteiger partial charge in [-0.2, -0.15) is 0 Å². The SMILES string of the molecule is Cc1cc2nc(N(CCN3CCOCC3)C(=O)CN3C(=O)c4ccccc4C3=O)sc2cc1C. The van der Waals surface area contributed by atoms with Crippen LogP contribution in [0.5, 0.6) is 0 Å². The van der Waals surface area contributed by atoms with Crippen LogP contribution in [0.4, 0.5) is 5.13 Å². The van der Waals surface area contributed by atoms with Gasteiger partial charge in [0, 0.05) is 26.2 Å². The molecular weight excluding hydrogens is 452 g/mol. The lowest BCUT2D eigenvalue weighted by Gasteiger charge is -2.29. The Labute approximate surface area is 201 Å². The summed E-state index contributed by atoms with van der Waals surface area (Å²) in [7, 11) is 0. The quantitative estimate of drug-likeness (QED) is 0.507. The average Bonchev–Trinajstić information content (AvgIpc) is 3.34. The minimum atomic E-state index is -0.433. The Bertz CT molecular complexity index is 1210. The zero-order valence-electron chi connectivity index (χ0n) is 19.2. The Morgan fingerprint density at radius 2 is 1.71 bits per heavy atom. The van der Waals surface area contributed by atoms with E-state index in [1.54, 1.807) is 29.2 Å². The number of carbonyl (C=O) groups is 3. The van der Waals surface area contributed by atoms with Crippen molar-refractivity contribution in [3.63, 3.8) is 0 Å². The van der Waals surface area contributed by atoms with Crippen LogP contribution >= 0.6 is 11.3 Å². The third kappa shape index (κ3) is 4.22. The summed E-state index contributed by atoms with van der Waals surface area (Å²) in [6, 6.07) is 10.8. The summed E-state index contributed by atoms with van der Waals surface area (Å²) in [5.74, 6) is -1.19. The lowest BCUT2D eigenvalue weighted by atomic mass is 10.1. The van der Waals surface area contributed by atoms with E-state index in [2.05, 4.69) is 17.9 Å². The third-order valence-corrected chi connectivity index (χ3v) is 7.48. The summed E-state index contributed by atoms with van der Waals surface area (Å²) in [6.45, 7) is 7.80. The van der Waals surface area contributed by atoms with E-state index in [4.69, 9.17) is 9.72 Å². The van der Waals surface area contributed by atoms with Crippen molar-refractivity contribution in [2.45, 2.75) is 13.8 Å². The molecule has 9 heteroatoms. The molecule has 0 N–H and O–H groups in total. The van der Waals surface area contributed by atoms with Crippen molar-refractivity contribution < 1.29 is 19.1 Å². The first-order valence-electron chi connectivity index (χ1n) is 11.4. The molecular formula is C25H26N4O4S. The van der Waals surface area contributed by atoms with E-state index in [0.717, 1.165) is 33.8 Å². The van der Waals surface area contributed by atoms with Crippen molar-refractivity contribution in [1.29, 1.82) is 0 Å². The summed E-state index contributed by atoms with van der Waals surface area (Å²) < 4.78 is 6.43. The Morgan fingerprint density at radius 1 is 1.06 bits per heavy atom. The van der Waals surface area contributed by atoms with Crippen molar-refractivity contribution in [1.82, 2.24) is 14.8 Å². The lowest BCUT2D eigenvalue weighted by Crippen LogP contribution is -2.47. The van der Waals surface area contributed by atoms with Gasteiger partial charge in [0.2, 0.25) is 5.91 Å². The monoisotopic (exact) mass is 478 g/mol. The molecule has 3 heterocycles. The molecule has 0 unspecified atom stereocenters. The van der Waals surface area contributed by atoms with Crippen LogP contribution in [0.1, 0.15) is 31.8 Å². The molecule has 8 nitrogen and oxygen atoms in total. The van der Waals surface area contributed by atoms with Gasteiger partial charge in [0.15, 0.2) is 5.13 Å². The Balaban J connectivity index is 1.41. The highest BCUT2D eigenvalue weighted by Gasteiger charge is 2.37. The maximum Gasteiger partial charge on any atom is 0.262 e. The number of hydrogen-bond acceptors (Lipinski definition) is 7. The largest absolute Gasteiger partial charge is 0.379 e. The molecule has 34 heavy (non-hydrogen) atoms. The third-order valence-electron chi connectivity index (χ3n) is 6.44. The number of morpholine rings is 1. The van der Waals surface area contributed by atoms with Crippen LogP contribution in [-0.2, 0) is 9.53 Å². The molecule has 2 aromatic carbocycles. The number of nitrogens with zero attached hydrogens (tertiary/aromatic N) is 4. The maximum atomic E-state index is 13.5. The highest BCUT2D eigenvalue weighted by atomic mass is 32.1. The number of thiazole rings is 1. The number of fused-ring (bicyclic) bond motifs is 2. The standard InChI is InChI=1S/C25H26N4O4S/c1-16-13-20-21(14-17(16)2)34-25(26-20)28(8-7-27-9-11-33-12-10-27)22(30)15-29-23(31)18-5-3-4-6-19(18)24(29)32/h3-6,13-14H,7-12,15H2,1-2H3. The fraction of sp³-hybridized carbons (Fsp3) is 0.360. The van der Waals surface area contributed by atoms with Gasteiger partial charge in [-0.1, -0.05) is 23.5 Å². The second kappa shape index (κ2) is 9.25. The van der Waals surface area contributed by atoms with E-state index >= 15 is 0 Å². The molecule has 1 saturated heterocycles. The minimum absolute atomic E-state index is 0.316. The molecule has 2 aliphatic heterocycles. The molecule has 0 spiro atoms. The normalized spacial score (nSPS) is 16.4. The number of hydrogen-bond donors (Lipinski definition) is 0. The Kier molecular flexibility index (Phi) is 6.16. The summed E-state index contributed by atoms with van der Waals surface area (Å²) >= 11 is 1.45. The van der Waals surface area contributed by atoms with Gasteiger partial charge in [-0.3, -0.25) is 29.1 Å². The van der Waals surface area contributed by atoms with E-state index < -0.39 is 11.8 Å². The first kappa shape index (κ1) is 22.6. The van der Waals surface area contributed by atoms with Gasteiger partial charge in [0.25, 0.3) is 11.8 Å². The number of benzene rings is 2. The molecule has 1 fully saturated rings. The fourth-order valence-corrected chi connectivity index (χ4v) is 5.37. The van der Waals surface area contributed by atoms with Crippen molar-refractivity contribution in [3.05, 3.63) is 58.7 Å². The molecule has 0 atom stereocenters. The predicted octanol–water partition coefficient (Wildman–Crippen LogP) is 2.87. The van der Waals surface area contributed by atoms with Crippen molar-refractivity contribution in [2.24, 2.45) is 0 Å². The Hall–Kier alpha value is -3.14. The number of aryl methyl sites for hydroxylation is 2. The molecule has 0 saturated carbocycles. The van der Waals surface area contributed by atoms with Crippen LogP contribution in [0.15, 0.2) is 36.4 Å². The van der Waals surface area contributed by atoms with Crippen molar-refractivity contribution in [3.8, 4) is 0 Å². The molecule has 0 aliphatic carbocycles. The topological polar surface area (TPSA) is 83.1 Å². The van der Waals surface area contributed by atoms with Gasteiger partial charge in [0.05, 0.1) is 34.6 Å². The predicted molar refractivity (Wildman–Crippen MR) is 131 cm³/mol. The zero-order valence-corrected chi connectivity index (χ0v) is 20.1. The number of ether oxygens (including phenoxy) is 1. The number of aromatic nitrogens is 1. The number of carbonyl (C=O) groups excluding carboxylic acids is 3. The second-order valence-corrected chi connectivity index (χ2v) is 9.65. The van der Waals surface area contributed by atoms with Gasteiger partial charge in [-0.05, 0) is 49.2 Å². The summed E-state index contributed by atoms with van der Waals surface area (Å²) in [5, 5.41) is 0.579. The van der Waals surface area contributed by atoms with Crippen LogP contribution in [0, 0.1) is 13.8 Å². The minimum Gasteiger partial charge on any atom is -0.379 e. The number of rotatable bonds is 6. The average molecular weight is 479 g/mol. The number of amides is 3. The summed E-state index contributed by atoms with van der Waals surface area (Å²) in [5.41, 5.74) is 3.83. The van der Waals surface area contributed by atoms with Gasteiger partial charge < -0.3 is 4.74 Å². The number of anilines is 1. The molecule has 1 aromatic heterocycles. The Morgan fingerprint density at radius 3 is 2.38 bits per heavy atom. The van der Waals surface area contributed by atoms with Crippen LogP contribution < -0.4 is 4.90 Å². The van der Waals surface area contributed by atoms with E-state index in [9.17, 15) is 14.4 Å². The van der Waals surface area contributed by atoms with E-state index in [0.29, 0.717) is 42.6 Å². The molecule has 176 valence electrons. The fourth-order valence-electron chi connectivity index (χ4n) is 4.28. The number of imide groups is 1. The maximum absolute atomic E-state index is 13.5. The first-order valence-corrected chi connectivity index (χ1v) is 12.2. The van der Waals surface area contributed by atoms with Gasteiger partial charge in [0.1, 0.15) is 6.54 Å². The van der Waals surface area contributed by atoms with Crippen molar-refractivity contribution in [2.75, 3.05) is 50.8 Å². The van der Waals surface area contributed by atoms with E-state index in [1.165, 1.54) is 16.9 Å². The molecule has 2 aliphatic rings. The van der Waals surface area contributed by atoms with E-state index in [1.807, 2.05) is 13.0 Å². The van der Waals surface area contributed by atoms with E-state index in [-0.39, 0.29) is 12.5 Å². The van der Waals surface area contributed by atoms with Crippen LogP contribution in [0.3, 0.4) is 0 Å². The molecule has 5 rings (SSSR count). The van der Waals surface area contributed by atoms with Gasteiger partial charge in [-0.25, -0.2) is 4.98 Å². The molecule has 0 bridgehead atoms.